The highest BCUT2D eigenvalue weighted by molar-refractivity contribution is 7.92. The smallest absolute Gasteiger partial charge is 0.269 e. The van der Waals surface area contributed by atoms with Crippen molar-refractivity contribution in [1.29, 1.82) is 0 Å². The highest BCUT2D eigenvalue weighted by Crippen LogP contribution is 2.25. The first-order valence-electron chi connectivity index (χ1n) is 6.57. The molecule has 8 heteroatoms. The van der Waals surface area contributed by atoms with E-state index in [2.05, 4.69) is 9.82 Å². The van der Waals surface area contributed by atoms with Crippen LogP contribution in [0.4, 0.5) is 0 Å². The summed E-state index contributed by atoms with van der Waals surface area (Å²) in [6, 6.07) is 1.58. The van der Waals surface area contributed by atoms with E-state index in [9.17, 15) is 13.2 Å². The Balaban J connectivity index is 1.87. The Hall–Kier alpha value is -1.67. The maximum absolute atomic E-state index is 12.3. The molecule has 0 fully saturated rings. The van der Waals surface area contributed by atoms with Gasteiger partial charge in [0, 0.05) is 11.4 Å². The summed E-state index contributed by atoms with van der Waals surface area (Å²) in [4.78, 5) is 13.1. The minimum Gasteiger partial charge on any atom is -0.269 e. The number of amides is 1. The van der Waals surface area contributed by atoms with E-state index in [-0.39, 0.29) is 4.21 Å². The fourth-order valence-corrected chi connectivity index (χ4v) is 4.83. The van der Waals surface area contributed by atoms with E-state index in [4.69, 9.17) is 0 Å². The van der Waals surface area contributed by atoms with Crippen molar-refractivity contribution in [2.24, 2.45) is 0 Å². The number of aryl methyl sites for hydroxylation is 3. The molecule has 0 unspecified atom stereocenters. The molecular weight excluding hydrogens is 310 g/mol. The molecule has 0 aliphatic carbocycles. The van der Waals surface area contributed by atoms with Gasteiger partial charge in [0.2, 0.25) is 0 Å². The molecule has 0 saturated heterocycles. The molecule has 0 radical (unpaired) electrons. The van der Waals surface area contributed by atoms with Crippen molar-refractivity contribution in [3.05, 3.63) is 34.0 Å². The second-order valence-electron chi connectivity index (χ2n) is 5.07. The average molecular weight is 325 g/mol. The minimum atomic E-state index is -3.82. The Kier molecular flexibility index (Phi) is 3.37. The fourth-order valence-electron chi connectivity index (χ4n) is 2.35. The molecule has 3 rings (SSSR count). The SMILES string of the molecule is Cc1cc(S(=O)(=O)NC(=O)c2cnn3c2CCC3)sc1C. The van der Waals surface area contributed by atoms with Crippen molar-refractivity contribution in [2.75, 3.05) is 0 Å². The van der Waals surface area contributed by atoms with Crippen molar-refractivity contribution in [1.82, 2.24) is 14.5 Å². The molecule has 6 nitrogen and oxygen atoms in total. The Labute approximate surface area is 126 Å². The summed E-state index contributed by atoms with van der Waals surface area (Å²) in [5, 5.41) is 4.10. The molecule has 1 aliphatic heterocycles. The molecule has 0 atom stereocenters. The summed E-state index contributed by atoms with van der Waals surface area (Å²) in [5.74, 6) is -0.609. The molecule has 1 N–H and O–H groups in total. The number of rotatable bonds is 3. The van der Waals surface area contributed by atoms with Crippen LogP contribution in [0, 0.1) is 13.8 Å². The number of thiophene rings is 1. The van der Waals surface area contributed by atoms with Gasteiger partial charge in [0.25, 0.3) is 15.9 Å². The van der Waals surface area contributed by atoms with Crippen LogP contribution in [-0.2, 0) is 23.0 Å². The van der Waals surface area contributed by atoms with Crippen molar-refractivity contribution < 1.29 is 13.2 Å². The summed E-state index contributed by atoms with van der Waals surface area (Å²) < 4.78 is 28.6. The second-order valence-corrected chi connectivity index (χ2v) is 8.24. The molecule has 0 spiro atoms. The number of carbonyl (C=O) groups is 1. The summed E-state index contributed by atoms with van der Waals surface area (Å²) >= 11 is 1.16. The van der Waals surface area contributed by atoms with Crippen LogP contribution in [0.2, 0.25) is 0 Å². The normalized spacial score (nSPS) is 14.2. The Morgan fingerprint density at radius 3 is 2.86 bits per heavy atom. The molecule has 3 heterocycles. The van der Waals surface area contributed by atoms with Gasteiger partial charge in [-0.1, -0.05) is 0 Å². The average Bonchev–Trinajstić information content (AvgIpc) is 3.05. The Bertz CT molecular complexity index is 798. The molecule has 2 aromatic heterocycles. The molecule has 112 valence electrons. The number of carbonyl (C=O) groups excluding carboxylic acids is 1. The third-order valence-electron chi connectivity index (χ3n) is 3.61. The second kappa shape index (κ2) is 4.96. The summed E-state index contributed by atoms with van der Waals surface area (Å²) in [7, 11) is -3.82. The van der Waals surface area contributed by atoms with Gasteiger partial charge in [-0.3, -0.25) is 9.48 Å². The lowest BCUT2D eigenvalue weighted by atomic mass is 10.2. The van der Waals surface area contributed by atoms with E-state index >= 15 is 0 Å². The Morgan fingerprint density at radius 1 is 1.43 bits per heavy atom. The first-order chi connectivity index (χ1) is 9.88. The number of sulfonamides is 1. The van der Waals surface area contributed by atoms with Gasteiger partial charge >= 0.3 is 0 Å². The molecule has 0 saturated carbocycles. The lowest BCUT2D eigenvalue weighted by Crippen LogP contribution is -2.30. The van der Waals surface area contributed by atoms with Crippen molar-refractivity contribution in [3.63, 3.8) is 0 Å². The van der Waals surface area contributed by atoms with Crippen molar-refractivity contribution >= 4 is 27.3 Å². The van der Waals surface area contributed by atoms with Crippen LogP contribution < -0.4 is 4.72 Å². The molecule has 0 bridgehead atoms. The highest BCUT2D eigenvalue weighted by atomic mass is 32.2. The zero-order valence-electron chi connectivity index (χ0n) is 11.7. The van der Waals surface area contributed by atoms with Gasteiger partial charge < -0.3 is 0 Å². The zero-order chi connectivity index (χ0) is 15.2. The summed E-state index contributed by atoms with van der Waals surface area (Å²) in [5.41, 5.74) is 2.06. The minimum absolute atomic E-state index is 0.162. The van der Waals surface area contributed by atoms with E-state index < -0.39 is 15.9 Å². The van der Waals surface area contributed by atoms with Crippen LogP contribution in [0.1, 0.15) is 32.9 Å². The quantitative estimate of drug-likeness (QED) is 0.930. The van der Waals surface area contributed by atoms with Crippen LogP contribution >= 0.6 is 11.3 Å². The molecule has 21 heavy (non-hydrogen) atoms. The molecule has 1 aliphatic rings. The maximum atomic E-state index is 12.3. The topological polar surface area (TPSA) is 81.1 Å². The van der Waals surface area contributed by atoms with Gasteiger partial charge in [-0.05, 0) is 38.3 Å². The number of hydrogen-bond acceptors (Lipinski definition) is 5. The predicted molar refractivity (Wildman–Crippen MR) is 79.0 cm³/mol. The van der Waals surface area contributed by atoms with E-state index in [0.29, 0.717) is 5.56 Å². The Morgan fingerprint density at radius 2 is 2.19 bits per heavy atom. The van der Waals surface area contributed by atoms with Crippen molar-refractivity contribution in [3.8, 4) is 0 Å². The van der Waals surface area contributed by atoms with Gasteiger partial charge in [-0.25, -0.2) is 13.1 Å². The predicted octanol–water partition coefficient (Wildman–Crippen LogP) is 1.63. The number of hydrogen-bond donors (Lipinski definition) is 1. The van der Waals surface area contributed by atoms with Gasteiger partial charge in [0.05, 0.1) is 17.5 Å². The molecule has 2 aromatic rings. The molecule has 0 aromatic carbocycles. The maximum Gasteiger partial charge on any atom is 0.273 e. The zero-order valence-corrected chi connectivity index (χ0v) is 13.3. The van der Waals surface area contributed by atoms with Gasteiger partial charge in [0.1, 0.15) is 4.21 Å². The monoisotopic (exact) mass is 325 g/mol. The van der Waals surface area contributed by atoms with Gasteiger partial charge in [0.15, 0.2) is 0 Å². The summed E-state index contributed by atoms with van der Waals surface area (Å²) in [6.07, 6.45) is 3.11. The third kappa shape index (κ3) is 2.49. The van der Waals surface area contributed by atoms with E-state index in [1.54, 1.807) is 10.7 Å². The van der Waals surface area contributed by atoms with E-state index in [1.165, 1.54) is 6.20 Å². The molecule has 1 amide bonds. The van der Waals surface area contributed by atoms with Crippen LogP contribution in [0.25, 0.3) is 0 Å². The van der Waals surface area contributed by atoms with Crippen LogP contribution in [0.15, 0.2) is 16.5 Å². The third-order valence-corrected chi connectivity index (χ3v) is 6.57. The molecular formula is C13H15N3O3S2. The number of nitrogens with zero attached hydrogens (tertiary/aromatic N) is 2. The van der Waals surface area contributed by atoms with Crippen LogP contribution in [0.5, 0.6) is 0 Å². The van der Waals surface area contributed by atoms with Crippen LogP contribution in [0.3, 0.4) is 0 Å². The largest absolute Gasteiger partial charge is 0.273 e. The number of aromatic nitrogens is 2. The van der Waals surface area contributed by atoms with E-state index in [0.717, 1.165) is 46.9 Å². The lowest BCUT2D eigenvalue weighted by molar-refractivity contribution is 0.0980. The standard InChI is InChI=1S/C13H15N3O3S2/c1-8-6-12(20-9(8)2)21(18,19)15-13(17)10-7-14-16-5-3-4-11(10)16/h6-7H,3-5H2,1-2H3,(H,15,17). The number of fused-ring (bicyclic) bond motifs is 1. The lowest BCUT2D eigenvalue weighted by Gasteiger charge is -2.04. The number of nitrogens with one attached hydrogen (secondary N) is 1. The highest BCUT2D eigenvalue weighted by Gasteiger charge is 2.26. The van der Waals surface area contributed by atoms with E-state index in [1.807, 2.05) is 13.8 Å². The summed E-state index contributed by atoms with van der Waals surface area (Å²) in [6.45, 7) is 4.47. The first-order valence-corrected chi connectivity index (χ1v) is 8.87. The van der Waals surface area contributed by atoms with Crippen LogP contribution in [-0.4, -0.2) is 24.1 Å². The van der Waals surface area contributed by atoms with Crippen molar-refractivity contribution in [2.45, 2.75) is 37.4 Å². The fraction of sp³-hybridized carbons (Fsp3) is 0.385. The van der Waals surface area contributed by atoms with Gasteiger partial charge in [-0.2, -0.15) is 5.10 Å². The first kappa shape index (κ1) is 14.3. The van der Waals surface area contributed by atoms with Gasteiger partial charge in [-0.15, -0.1) is 11.3 Å².